The van der Waals surface area contributed by atoms with Crippen molar-refractivity contribution in [1.82, 2.24) is 19.8 Å². The number of fused-ring (bicyclic) bond motifs is 2. The van der Waals surface area contributed by atoms with E-state index in [4.69, 9.17) is 4.74 Å². The van der Waals surface area contributed by atoms with Crippen LogP contribution in [0.2, 0.25) is 0 Å². The second-order valence-electron chi connectivity index (χ2n) is 9.55. The monoisotopic (exact) mass is 492 g/mol. The van der Waals surface area contributed by atoms with Crippen molar-refractivity contribution < 1.29 is 14.3 Å². The number of carbonyl (C=O) groups is 2. The van der Waals surface area contributed by atoms with Gasteiger partial charge in [-0.1, -0.05) is 48.5 Å². The van der Waals surface area contributed by atoms with E-state index in [1.807, 2.05) is 83.9 Å². The number of hydrogen-bond acceptors (Lipinski definition) is 3. The number of nitrogens with zero attached hydrogens (tertiary/aromatic N) is 2. The molecule has 1 saturated heterocycles. The van der Waals surface area contributed by atoms with E-state index in [1.54, 1.807) is 12.0 Å². The van der Waals surface area contributed by atoms with Crippen LogP contribution < -0.4 is 4.74 Å². The average molecular weight is 493 g/mol. The Bertz CT molecular complexity index is 1590. The molecule has 1 aliphatic rings. The van der Waals surface area contributed by atoms with Crippen LogP contribution >= 0.6 is 0 Å². The highest BCUT2D eigenvalue weighted by Gasteiger charge is 2.36. The minimum atomic E-state index is -0.174. The normalized spacial score (nSPS) is 16.0. The standard InChI is InChI=1S/C30H28N4O3/c1-37-24-11-12-26-21(14-24)15-28(32-26)30(36)33-18-23(13-22-16-31-27-10-6-5-9-25(22)27)34(29(35)19-33)17-20-7-3-2-4-8-20/h2-12,14-16,23,31-32H,13,17-19H2,1H3/t23-/m0/s1. The maximum atomic E-state index is 13.6. The fraction of sp³-hybridized carbons (Fsp3) is 0.200. The minimum absolute atomic E-state index is 0.0499. The molecule has 2 N–H and O–H groups in total. The first kappa shape index (κ1) is 22.9. The average Bonchev–Trinajstić information content (AvgIpc) is 3.54. The summed E-state index contributed by atoms with van der Waals surface area (Å²) in [6, 6.07) is 25.5. The van der Waals surface area contributed by atoms with Crippen molar-refractivity contribution >= 4 is 33.6 Å². The van der Waals surface area contributed by atoms with Crippen molar-refractivity contribution in [3.8, 4) is 5.75 Å². The number of aromatic nitrogens is 2. The number of hydrogen-bond donors (Lipinski definition) is 2. The Hall–Kier alpha value is -4.52. The van der Waals surface area contributed by atoms with Gasteiger partial charge in [0.2, 0.25) is 5.91 Å². The van der Waals surface area contributed by atoms with Crippen LogP contribution in [-0.4, -0.2) is 57.8 Å². The largest absolute Gasteiger partial charge is 0.497 e. The maximum absolute atomic E-state index is 13.6. The minimum Gasteiger partial charge on any atom is -0.497 e. The quantitative estimate of drug-likeness (QED) is 0.359. The lowest BCUT2D eigenvalue weighted by atomic mass is 10.00. The van der Waals surface area contributed by atoms with E-state index in [0.717, 1.165) is 38.7 Å². The van der Waals surface area contributed by atoms with E-state index in [2.05, 4.69) is 16.0 Å². The van der Waals surface area contributed by atoms with Crippen molar-refractivity contribution in [2.75, 3.05) is 20.2 Å². The number of methoxy groups -OCH3 is 1. The molecule has 1 atom stereocenters. The number of carbonyl (C=O) groups excluding carboxylic acids is 2. The number of para-hydroxylation sites is 1. The van der Waals surface area contributed by atoms with Gasteiger partial charge in [-0.25, -0.2) is 0 Å². The molecule has 0 spiro atoms. The predicted octanol–water partition coefficient (Wildman–Crippen LogP) is 4.75. The molecule has 0 aliphatic carbocycles. The van der Waals surface area contributed by atoms with Gasteiger partial charge in [0.25, 0.3) is 5.91 Å². The third-order valence-corrected chi connectivity index (χ3v) is 7.19. The molecule has 6 rings (SSSR count). The highest BCUT2D eigenvalue weighted by Crippen LogP contribution is 2.26. The number of nitrogens with one attached hydrogen (secondary N) is 2. The number of aromatic amines is 2. The smallest absolute Gasteiger partial charge is 0.270 e. The molecule has 1 fully saturated rings. The first-order valence-electron chi connectivity index (χ1n) is 12.4. The topological polar surface area (TPSA) is 81.4 Å². The van der Waals surface area contributed by atoms with Crippen LogP contribution in [-0.2, 0) is 17.8 Å². The summed E-state index contributed by atoms with van der Waals surface area (Å²) in [6.45, 7) is 1.02. The molecular weight excluding hydrogens is 464 g/mol. The van der Waals surface area contributed by atoms with E-state index < -0.39 is 0 Å². The summed E-state index contributed by atoms with van der Waals surface area (Å²) >= 11 is 0. The van der Waals surface area contributed by atoms with Crippen LogP contribution in [0.25, 0.3) is 21.8 Å². The van der Waals surface area contributed by atoms with Gasteiger partial charge in [-0.05, 0) is 47.9 Å². The first-order chi connectivity index (χ1) is 18.1. The molecule has 2 amide bonds. The Kier molecular flexibility index (Phi) is 5.88. The molecule has 186 valence electrons. The van der Waals surface area contributed by atoms with Crippen LogP contribution in [0, 0.1) is 0 Å². The highest BCUT2D eigenvalue weighted by molar-refractivity contribution is 6.00. The third-order valence-electron chi connectivity index (χ3n) is 7.19. The van der Waals surface area contributed by atoms with E-state index in [0.29, 0.717) is 25.2 Å². The molecule has 0 saturated carbocycles. The Balaban J connectivity index is 1.30. The van der Waals surface area contributed by atoms with E-state index in [-0.39, 0.29) is 24.4 Å². The lowest BCUT2D eigenvalue weighted by Gasteiger charge is -2.41. The summed E-state index contributed by atoms with van der Waals surface area (Å²) < 4.78 is 5.32. The molecule has 2 aromatic heterocycles. The van der Waals surface area contributed by atoms with Gasteiger partial charge in [0.05, 0.1) is 13.2 Å². The van der Waals surface area contributed by atoms with Gasteiger partial charge in [0, 0.05) is 41.1 Å². The van der Waals surface area contributed by atoms with Gasteiger partial charge >= 0.3 is 0 Å². The SMILES string of the molecule is COc1ccc2[nH]c(C(=O)N3CC(=O)N(Cc4ccccc4)[C@@H](Cc4c[nH]c5ccccc45)C3)cc2c1. The zero-order valence-corrected chi connectivity index (χ0v) is 20.6. The van der Waals surface area contributed by atoms with Gasteiger partial charge in [-0.3, -0.25) is 9.59 Å². The Labute approximate surface area is 214 Å². The van der Waals surface area contributed by atoms with Crippen LogP contribution in [0.1, 0.15) is 21.6 Å². The number of rotatable bonds is 6. The molecule has 3 aromatic carbocycles. The predicted molar refractivity (Wildman–Crippen MR) is 144 cm³/mol. The molecular formula is C30H28N4O3. The first-order valence-corrected chi connectivity index (χ1v) is 12.4. The summed E-state index contributed by atoms with van der Waals surface area (Å²) in [5.41, 5.74) is 4.60. The molecule has 1 aliphatic heterocycles. The van der Waals surface area contributed by atoms with Crippen LogP contribution in [0.15, 0.2) is 85.1 Å². The molecule has 0 radical (unpaired) electrons. The fourth-order valence-electron chi connectivity index (χ4n) is 5.28. The number of ether oxygens (including phenoxy) is 1. The van der Waals surface area contributed by atoms with Crippen LogP contribution in [0.5, 0.6) is 5.75 Å². The summed E-state index contributed by atoms with van der Waals surface area (Å²) in [6.07, 6.45) is 2.66. The Morgan fingerprint density at radius 2 is 1.81 bits per heavy atom. The van der Waals surface area contributed by atoms with Crippen LogP contribution in [0.3, 0.4) is 0 Å². The zero-order valence-electron chi connectivity index (χ0n) is 20.6. The number of benzene rings is 3. The van der Waals surface area contributed by atoms with Crippen molar-refractivity contribution in [3.63, 3.8) is 0 Å². The van der Waals surface area contributed by atoms with Crippen molar-refractivity contribution in [1.29, 1.82) is 0 Å². The second kappa shape index (κ2) is 9.50. The number of H-pyrrole nitrogens is 2. The van der Waals surface area contributed by atoms with E-state index >= 15 is 0 Å². The maximum Gasteiger partial charge on any atom is 0.270 e. The van der Waals surface area contributed by atoms with E-state index in [1.165, 1.54) is 0 Å². The Morgan fingerprint density at radius 1 is 1.00 bits per heavy atom. The summed E-state index contributed by atoms with van der Waals surface area (Å²) in [7, 11) is 1.62. The van der Waals surface area contributed by atoms with Crippen LogP contribution in [0.4, 0.5) is 0 Å². The molecule has 0 bridgehead atoms. The second-order valence-corrected chi connectivity index (χ2v) is 9.55. The molecule has 0 unspecified atom stereocenters. The summed E-state index contributed by atoms with van der Waals surface area (Å²) in [5, 5.41) is 2.04. The number of piperazine rings is 1. The summed E-state index contributed by atoms with van der Waals surface area (Å²) in [4.78, 5) is 37.2. The van der Waals surface area contributed by atoms with Gasteiger partial charge < -0.3 is 24.5 Å². The lowest BCUT2D eigenvalue weighted by molar-refractivity contribution is -0.139. The lowest BCUT2D eigenvalue weighted by Crippen LogP contribution is -2.58. The van der Waals surface area contributed by atoms with Gasteiger partial charge in [-0.2, -0.15) is 0 Å². The highest BCUT2D eigenvalue weighted by atomic mass is 16.5. The van der Waals surface area contributed by atoms with E-state index in [9.17, 15) is 9.59 Å². The van der Waals surface area contributed by atoms with Crippen molar-refractivity contribution in [2.24, 2.45) is 0 Å². The molecule has 5 aromatic rings. The summed E-state index contributed by atoms with van der Waals surface area (Å²) in [5.74, 6) is 0.506. The fourth-order valence-corrected chi connectivity index (χ4v) is 5.28. The van der Waals surface area contributed by atoms with Crippen molar-refractivity contribution in [3.05, 3.63) is 102 Å². The van der Waals surface area contributed by atoms with Gasteiger partial charge in [0.1, 0.15) is 18.0 Å². The zero-order chi connectivity index (χ0) is 25.4. The number of amides is 2. The Morgan fingerprint density at radius 3 is 2.65 bits per heavy atom. The third kappa shape index (κ3) is 4.44. The molecule has 7 nitrogen and oxygen atoms in total. The van der Waals surface area contributed by atoms with Crippen molar-refractivity contribution in [2.45, 2.75) is 19.0 Å². The molecule has 7 heteroatoms. The van der Waals surface area contributed by atoms with Gasteiger partial charge in [-0.15, -0.1) is 0 Å². The molecule has 37 heavy (non-hydrogen) atoms. The molecule has 3 heterocycles. The van der Waals surface area contributed by atoms with Gasteiger partial charge in [0.15, 0.2) is 0 Å².